The molecule has 0 bridgehead atoms. The topological polar surface area (TPSA) is 87.7 Å². The van der Waals surface area contributed by atoms with Crippen LogP contribution in [0.2, 0.25) is 0 Å². The first-order chi connectivity index (χ1) is 13.7. The number of benzene rings is 1. The van der Waals surface area contributed by atoms with E-state index >= 15 is 0 Å². The maximum Gasteiger partial charge on any atom is 0.325 e. The third-order valence-electron chi connectivity index (χ3n) is 5.83. The van der Waals surface area contributed by atoms with E-state index < -0.39 is 11.6 Å². The van der Waals surface area contributed by atoms with E-state index in [0.29, 0.717) is 31.7 Å². The lowest BCUT2D eigenvalue weighted by atomic mass is 9.64. The highest BCUT2D eigenvalue weighted by atomic mass is 16.5. The fourth-order valence-electron chi connectivity index (χ4n) is 5.10. The summed E-state index contributed by atoms with van der Waals surface area (Å²) in [5, 5.41) is 5.70. The Bertz CT molecular complexity index is 807. The van der Waals surface area contributed by atoms with E-state index in [0.717, 1.165) is 22.6 Å². The molecule has 2 aliphatic rings. The number of para-hydroxylation sites is 1. The van der Waals surface area contributed by atoms with Gasteiger partial charge in [-0.25, -0.2) is 4.79 Å². The quantitative estimate of drug-likeness (QED) is 0.717. The Balaban J connectivity index is 1.58. The van der Waals surface area contributed by atoms with E-state index in [2.05, 4.69) is 31.4 Å². The van der Waals surface area contributed by atoms with Gasteiger partial charge < -0.3 is 15.4 Å². The van der Waals surface area contributed by atoms with E-state index in [4.69, 9.17) is 4.74 Å². The lowest BCUT2D eigenvalue weighted by Gasteiger charge is -2.43. The molecule has 1 aromatic rings. The molecule has 1 saturated heterocycles. The number of carbonyl (C=O) groups is 3. The van der Waals surface area contributed by atoms with Crippen LogP contribution in [0.4, 0.5) is 4.79 Å². The molecule has 4 amide bonds. The summed E-state index contributed by atoms with van der Waals surface area (Å²) >= 11 is 0. The number of hydrogen-bond donors (Lipinski definition) is 2. The van der Waals surface area contributed by atoms with Crippen molar-refractivity contribution in [1.82, 2.24) is 15.5 Å². The lowest BCUT2D eigenvalue weighted by Crippen LogP contribution is -2.54. The predicted octanol–water partition coefficient (Wildman–Crippen LogP) is 2.49. The number of urea groups is 1. The van der Waals surface area contributed by atoms with Gasteiger partial charge in [0, 0.05) is 6.54 Å². The van der Waals surface area contributed by atoms with Crippen molar-refractivity contribution >= 4 is 17.8 Å². The number of nitrogens with one attached hydrogen (secondary N) is 2. The Hall–Kier alpha value is -2.57. The standard InChI is InChI=1S/C22H31N3O4/c1-15-11-21(2,3)14-22(12-15)19(27)25(20(28)24-22)13-18(26)23-10-9-16-7-5-6-8-17(16)29-4/h5-8,15H,9-14H2,1-4H3,(H,23,26)(H,24,28)/t15-,22+/m0/s1. The molecule has 29 heavy (non-hydrogen) atoms. The molecule has 2 atom stereocenters. The van der Waals surface area contributed by atoms with Crippen LogP contribution >= 0.6 is 0 Å². The molecule has 2 fully saturated rings. The van der Waals surface area contributed by atoms with Crippen molar-refractivity contribution in [2.75, 3.05) is 20.2 Å². The zero-order chi connectivity index (χ0) is 21.2. The SMILES string of the molecule is COc1ccccc1CCNC(=O)CN1C(=O)N[C@@]2(C[C@@H](C)CC(C)(C)C2)C1=O. The minimum absolute atomic E-state index is 0.0341. The van der Waals surface area contributed by atoms with Gasteiger partial charge in [-0.05, 0) is 48.6 Å². The van der Waals surface area contributed by atoms with Crippen LogP contribution in [0.5, 0.6) is 5.75 Å². The highest BCUT2D eigenvalue weighted by Gasteiger charge is 2.56. The largest absolute Gasteiger partial charge is 0.496 e. The summed E-state index contributed by atoms with van der Waals surface area (Å²) in [4.78, 5) is 39.0. The highest BCUT2D eigenvalue weighted by molar-refractivity contribution is 6.09. The summed E-state index contributed by atoms with van der Waals surface area (Å²) in [5.74, 6) is 0.482. The second-order valence-corrected chi connectivity index (χ2v) is 9.17. The molecule has 7 heteroatoms. The van der Waals surface area contributed by atoms with Crippen LogP contribution < -0.4 is 15.4 Å². The van der Waals surface area contributed by atoms with Crippen LogP contribution in [0.15, 0.2) is 24.3 Å². The molecule has 0 unspecified atom stereocenters. The maximum absolute atomic E-state index is 13.1. The summed E-state index contributed by atoms with van der Waals surface area (Å²) in [7, 11) is 1.61. The van der Waals surface area contributed by atoms with Crippen LogP contribution in [0.1, 0.15) is 45.6 Å². The van der Waals surface area contributed by atoms with Crippen molar-refractivity contribution in [3.05, 3.63) is 29.8 Å². The average molecular weight is 402 g/mol. The van der Waals surface area contributed by atoms with Gasteiger partial charge in [0.2, 0.25) is 5.91 Å². The van der Waals surface area contributed by atoms with Crippen LogP contribution in [0, 0.1) is 11.3 Å². The van der Waals surface area contributed by atoms with Crippen molar-refractivity contribution in [1.29, 1.82) is 0 Å². The molecule has 0 aromatic heterocycles. The molecule has 1 spiro atoms. The first-order valence-corrected chi connectivity index (χ1v) is 10.2. The van der Waals surface area contributed by atoms with Crippen LogP contribution in [0.25, 0.3) is 0 Å². The minimum atomic E-state index is -0.879. The van der Waals surface area contributed by atoms with Gasteiger partial charge in [0.25, 0.3) is 5.91 Å². The average Bonchev–Trinajstić information content (AvgIpc) is 2.83. The zero-order valence-corrected chi connectivity index (χ0v) is 17.7. The molecular formula is C22H31N3O4. The smallest absolute Gasteiger partial charge is 0.325 e. The zero-order valence-electron chi connectivity index (χ0n) is 17.7. The lowest BCUT2D eigenvalue weighted by molar-refractivity contribution is -0.137. The molecule has 1 aromatic carbocycles. The number of rotatable bonds is 6. The highest BCUT2D eigenvalue weighted by Crippen LogP contribution is 2.46. The number of hydrogen-bond acceptors (Lipinski definition) is 4. The fourth-order valence-corrected chi connectivity index (χ4v) is 5.10. The minimum Gasteiger partial charge on any atom is -0.496 e. The van der Waals surface area contributed by atoms with E-state index in [1.807, 2.05) is 24.3 Å². The number of methoxy groups -OCH3 is 1. The molecule has 7 nitrogen and oxygen atoms in total. The summed E-state index contributed by atoms with van der Waals surface area (Å²) in [6.45, 7) is 6.49. The molecule has 1 aliphatic heterocycles. The molecule has 1 aliphatic carbocycles. The van der Waals surface area contributed by atoms with Gasteiger partial charge in [0.1, 0.15) is 17.8 Å². The molecular weight excluding hydrogens is 370 g/mol. The monoisotopic (exact) mass is 401 g/mol. The predicted molar refractivity (Wildman–Crippen MR) is 109 cm³/mol. The Labute approximate surface area is 172 Å². The third kappa shape index (κ3) is 4.54. The fraction of sp³-hybridized carbons (Fsp3) is 0.591. The van der Waals surface area contributed by atoms with Gasteiger partial charge >= 0.3 is 6.03 Å². The molecule has 3 rings (SSSR count). The number of ether oxygens (including phenoxy) is 1. The second-order valence-electron chi connectivity index (χ2n) is 9.17. The van der Waals surface area contributed by atoms with Crippen LogP contribution in [-0.2, 0) is 16.0 Å². The van der Waals surface area contributed by atoms with Crippen molar-refractivity contribution in [3.63, 3.8) is 0 Å². The van der Waals surface area contributed by atoms with Crippen molar-refractivity contribution in [2.24, 2.45) is 11.3 Å². The number of nitrogens with zero attached hydrogens (tertiary/aromatic N) is 1. The van der Waals surface area contributed by atoms with E-state index in [1.165, 1.54) is 0 Å². The number of imide groups is 1. The van der Waals surface area contributed by atoms with Gasteiger partial charge in [-0.1, -0.05) is 39.0 Å². The Kier molecular flexibility index (Phi) is 5.87. The maximum atomic E-state index is 13.1. The van der Waals surface area contributed by atoms with Crippen molar-refractivity contribution in [3.8, 4) is 5.75 Å². The van der Waals surface area contributed by atoms with Gasteiger partial charge in [-0.3, -0.25) is 14.5 Å². The van der Waals surface area contributed by atoms with Gasteiger partial charge in [0.05, 0.1) is 7.11 Å². The molecule has 1 saturated carbocycles. The van der Waals surface area contributed by atoms with Crippen LogP contribution in [0.3, 0.4) is 0 Å². The van der Waals surface area contributed by atoms with Gasteiger partial charge in [-0.2, -0.15) is 0 Å². The summed E-state index contributed by atoms with van der Waals surface area (Å²) in [6, 6.07) is 7.15. The van der Waals surface area contributed by atoms with Crippen molar-refractivity contribution < 1.29 is 19.1 Å². The van der Waals surface area contributed by atoms with Crippen LogP contribution in [-0.4, -0.2) is 48.5 Å². The third-order valence-corrected chi connectivity index (χ3v) is 5.83. The van der Waals surface area contributed by atoms with E-state index in [-0.39, 0.29) is 23.8 Å². The summed E-state index contributed by atoms with van der Waals surface area (Å²) in [6.07, 6.45) is 2.83. The molecule has 0 radical (unpaired) electrons. The number of carbonyl (C=O) groups excluding carboxylic acids is 3. The van der Waals surface area contributed by atoms with Gasteiger partial charge in [0.15, 0.2) is 0 Å². The molecule has 158 valence electrons. The Morgan fingerprint density at radius 1 is 1.28 bits per heavy atom. The summed E-state index contributed by atoms with van der Waals surface area (Å²) < 4.78 is 5.31. The van der Waals surface area contributed by atoms with E-state index in [9.17, 15) is 14.4 Å². The first kappa shape index (κ1) is 21.1. The van der Waals surface area contributed by atoms with E-state index in [1.54, 1.807) is 7.11 Å². The summed E-state index contributed by atoms with van der Waals surface area (Å²) in [5.41, 5.74) is 0.0754. The molecule has 2 N–H and O–H groups in total. The molecule has 1 heterocycles. The van der Waals surface area contributed by atoms with Gasteiger partial charge in [-0.15, -0.1) is 0 Å². The second kappa shape index (κ2) is 8.05. The Morgan fingerprint density at radius 3 is 2.69 bits per heavy atom. The normalized spacial score (nSPS) is 25.8. The number of amides is 4. The van der Waals surface area contributed by atoms with Crippen molar-refractivity contribution in [2.45, 2.75) is 52.0 Å². The first-order valence-electron chi connectivity index (χ1n) is 10.2. The Morgan fingerprint density at radius 2 is 2.00 bits per heavy atom.